The summed E-state index contributed by atoms with van der Waals surface area (Å²) < 4.78 is 5.20. The molecule has 0 radical (unpaired) electrons. The first-order chi connectivity index (χ1) is 15.5. The Labute approximate surface area is 190 Å². The lowest BCUT2D eigenvalue weighted by Gasteiger charge is -2.35. The van der Waals surface area contributed by atoms with E-state index in [0.717, 1.165) is 35.7 Å². The van der Waals surface area contributed by atoms with Crippen LogP contribution in [0.5, 0.6) is 0 Å². The lowest BCUT2D eigenvalue weighted by molar-refractivity contribution is -0.129. The maximum Gasteiger partial charge on any atom is 0.276 e. The summed E-state index contributed by atoms with van der Waals surface area (Å²) in [5.74, 6) is -0.222. The lowest BCUT2D eigenvalue weighted by Crippen LogP contribution is -2.48. The van der Waals surface area contributed by atoms with Crippen LogP contribution in [-0.4, -0.2) is 65.0 Å². The van der Waals surface area contributed by atoms with Gasteiger partial charge in [-0.1, -0.05) is 0 Å². The van der Waals surface area contributed by atoms with E-state index in [1.54, 1.807) is 32.5 Å². The Balaban J connectivity index is 1.39. The van der Waals surface area contributed by atoms with Crippen molar-refractivity contribution in [3.8, 4) is 11.3 Å². The molecule has 0 aromatic carbocycles. The summed E-state index contributed by atoms with van der Waals surface area (Å²) in [4.78, 5) is 41.3. The van der Waals surface area contributed by atoms with Gasteiger partial charge in [0.2, 0.25) is 5.91 Å². The molecule has 0 unspecified atom stereocenters. The number of hydrogen-bond donors (Lipinski definition) is 1. The second-order valence-electron chi connectivity index (χ2n) is 7.32. The number of amides is 2. The Bertz CT molecular complexity index is 1090. The SMILES string of the molecule is COCc1ncccc1-c1csc(NC(=O)c2ccc(N3CCN(C(C)=O)CC3)cn2)n1. The third-order valence-corrected chi connectivity index (χ3v) is 6.00. The number of ether oxygens (including phenoxy) is 1. The maximum atomic E-state index is 12.6. The predicted molar refractivity (Wildman–Crippen MR) is 123 cm³/mol. The minimum atomic E-state index is -0.317. The largest absolute Gasteiger partial charge is 0.378 e. The summed E-state index contributed by atoms with van der Waals surface area (Å²) in [5, 5.41) is 5.18. The van der Waals surface area contributed by atoms with Gasteiger partial charge in [-0.3, -0.25) is 19.9 Å². The molecule has 0 aliphatic carbocycles. The average Bonchev–Trinajstić information content (AvgIpc) is 3.28. The molecule has 166 valence electrons. The number of thiazole rings is 1. The van der Waals surface area contributed by atoms with Crippen LogP contribution in [0.4, 0.5) is 10.8 Å². The zero-order valence-corrected chi connectivity index (χ0v) is 18.8. The van der Waals surface area contributed by atoms with Crippen LogP contribution in [0.1, 0.15) is 23.1 Å². The van der Waals surface area contributed by atoms with E-state index in [0.29, 0.717) is 30.5 Å². The summed E-state index contributed by atoms with van der Waals surface area (Å²) in [5.41, 5.74) is 3.65. The number of methoxy groups -OCH3 is 1. The van der Waals surface area contributed by atoms with Gasteiger partial charge < -0.3 is 14.5 Å². The van der Waals surface area contributed by atoms with Crippen LogP contribution in [0.2, 0.25) is 0 Å². The summed E-state index contributed by atoms with van der Waals surface area (Å²) in [6.45, 7) is 4.84. The van der Waals surface area contributed by atoms with Crippen molar-refractivity contribution in [2.75, 3.05) is 43.5 Å². The predicted octanol–water partition coefficient (Wildman–Crippen LogP) is 2.67. The van der Waals surface area contributed by atoms with E-state index >= 15 is 0 Å². The molecular weight excluding hydrogens is 428 g/mol. The molecule has 3 aromatic rings. The van der Waals surface area contributed by atoms with Gasteiger partial charge in [-0.15, -0.1) is 11.3 Å². The molecule has 1 aliphatic heterocycles. The smallest absolute Gasteiger partial charge is 0.276 e. The van der Waals surface area contributed by atoms with Crippen molar-refractivity contribution < 1.29 is 14.3 Å². The van der Waals surface area contributed by atoms with Crippen LogP contribution in [0, 0.1) is 0 Å². The van der Waals surface area contributed by atoms with Gasteiger partial charge in [0, 0.05) is 57.4 Å². The Morgan fingerprint density at radius 3 is 2.66 bits per heavy atom. The number of pyridine rings is 2. The Kier molecular flexibility index (Phi) is 6.72. The molecule has 0 spiro atoms. The summed E-state index contributed by atoms with van der Waals surface area (Å²) >= 11 is 1.34. The third-order valence-electron chi connectivity index (χ3n) is 5.24. The van der Waals surface area contributed by atoms with Gasteiger partial charge in [-0.2, -0.15) is 0 Å². The molecule has 2 amide bonds. The molecule has 4 heterocycles. The first kappa shape index (κ1) is 21.8. The molecule has 1 fully saturated rings. The van der Waals surface area contributed by atoms with Gasteiger partial charge in [0.1, 0.15) is 5.69 Å². The van der Waals surface area contributed by atoms with Crippen LogP contribution in [0.15, 0.2) is 42.0 Å². The molecule has 4 rings (SSSR count). The quantitative estimate of drug-likeness (QED) is 0.614. The zero-order valence-electron chi connectivity index (χ0n) is 17.9. The lowest BCUT2D eigenvalue weighted by atomic mass is 10.1. The highest BCUT2D eigenvalue weighted by atomic mass is 32.1. The number of piperazine rings is 1. The van der Waals surface area contributed by atoms with Crippen LogP contribution in [0.3, 0.4) is 0 Å². The number of aromatic nitrogens is 3. The van der Waals surface area contributed by atoms with Gasteiger partial charge in [0.15, 0.2) is 5.13 Å². The first-order valence-electron chi connectivity index (χ1n) is 10.2. The topological polar surface area (TPSA) is 101 Å². The fourth-order valence-corrected chi connectivity index (χ4v) is 4.23. The molecule has 1 aliphatic rings. The molecule has 1 saturated heterocycles. The second kappa shape index (κ2) is 9.84. The Hall–Kier alpha value is -3.37. The standard InChI is InChI=1S/C22H24N6O3S/c1-15(29)27-8-10-28(11-9-27)16-5-6-18(24-12-16)21(30)26-22-25-20(14-32-22)17-4-3-7-23-19(17)13-31-2/h3-7,12,14H,8-11,13H2,1-2H3,(H,25,26,30). The fourth-order valence-electron chi connectivity index (χ4n) is 3.53. The molecule has 0 atom stereocenters. The van der Waals surface area contributed by atoms with Crippen molar-refractivity contribution in [1.29, 1.82) is 0 Å². The van der Waals surface area contributed by atoms with E-state index in [-0.39, 0.29) is 11.8 Å². The summed E-state index contributed by atoms with van der Waals surface area (Å²) in [6.07, 6.45) is 3.41. The highest BCUT2D eigenvalue weighted by Crippen LogP contribution is 2.27. The van der Waals surface area contributed by atoms with Gasteiger partial charge in [-0.05, 0) is 24.3 Å². The molecule has 0 saturated carbocycles. The maximum absolute atomic E-state index is 12.6. The zero-order chi connectivity index (χ0) is 22.5. The molecule has 10 heteroatoms. The first-order valence-corrected chi connectivity index (χ1v) is 11.1. The minimum Gasteiger partial charge on any atom is -0.378 e. The molecular formula is C22H24N6O3S. The number of rotatable bonds is 6. The molecule has 1 N–H and O–H groups in total. The minimum absolute atomic E-state index is 0.0959. The molecule has 32 heavy (non-hydrogen) atoms. The van der Waals surface area contributed by atoms with E-state index in [1.165, 1.54) is 11.3 Å². The van der Waals surface area contributed by atoms with Crippen molar-refractivity contribution in [2.24, 2.45) is 0 Å². The summed E-state index contributed by atoms with van der Waals surface area (Å²) in [7, 11) is 1.62. The van der Waals surface area contributed by atoms with Crippen molar-refractivity contribution in [2.45, 2.75) is 13.5 Å². The summed E-state index contributed by atoms with van der Waals surface area (Å²) in [6, 6.07) is 7.36. The number of carbonyl (C=O) groups is 2. The normalized spacial score (nSPS) is 13.8. The van der Waals surface area contributed by atoms with Gasteiger partial charge >= 0.3 is 0 Å². The number of anilines is 2. The monoisotopic (exact) mass is 452 g/mol. The van der Waals surface area contributed by atoms with E-state index in [1.807, 2.05) is 28.5 Å². The Morgan fingerprint density at radius 1 is 1.16 bits per heavy atom. The second-order valence-corrected chi connectivity index (χ2v) is 8.18. The van der Waals surface area contributed by atoms with Gasteiger partial charge in [0.05, 0.1) is 29.9 Å². The van der Waals surface area contributed by atoms with E-state index in [2.05, 4.69) is 25.2 Å². The highest BCUT2D eigenvalue weighted by molar-refractivity contribution is 7.14. The van der Waals surface area contributed by atoms with Gasteiger partial charge in [-0.25, -0.2) is 9.97 Å². The van der Waals surface area contributed by atoms with Crippen LogP contribution >= 0.6 is 11.3 Å². The molecule has 3 aromatic heterocycles. The average molecular weight is 453 g/mol. The van der Waals surface area contributed by atoms with Crippen LogP contribution in [0.25, 0.3) is 11.3 Å². The van der Waals surface area contributed by atoms with E-state index in [9.17, 15) is 9.59 Å². The van der Waals surface area contributed by atoms with Crippen molar-refractivity contribution in [1.82, 2.24) is 19.9 Å². The van der Waals surface area contributed by atoms with Gasteiger partial charge in [0.25, 0.3) is 5.91 Å². The Morgan fingerprint density at radius 2 is 1.97 bits per heavy atom. The van der Waals surface area contributed by atoms with Crippen LogP contribution < -0.4 is 10.2 Å². The van der Waals surface area contributed by atoms with E-state index < -0.39 is 0 Å². The van der Waals surface area contributed by atoms with Crippen molar-refractivity contribution in [3.63, 3.8) is 0 Å². The number of nitrogens with one attached hydrogen (secondary N) is 1. The number of hydrogen-bond acceptors (Lipinski definition) is 8. The van der Waals surface area contributed by atoms with Crippen LogP contribution in [-0.2, 0) is 16.1 Å². The van der Waals surface area contributed by atoms with Crippen molar-refractivity contribution >= 4 is 34.0 Å². The third kappa shape index (κ3) is 4.92. The molecule has 0 bridgehead atoms. The fraction of sp³-hybridized carbons (Fsp3) is 0.318. The number of nitrogens with zero attached hydrogens (tertiary/aromatic N) is 5. The highest BCUT2D eigenvalue weighted by Gasteiger charge is 2.19. The number of carbonyl (C=O) groups excluding carboxylic acids is 2. The van der Waals surface area contributed by atoms with Crippen molar-refractivity contribution in [3.05, 3.63) is 53.4 Å². The van der Waals surface area contributed by atoms with E-state index in [4.69, 9.17) is 4.74 Å². The molecule has 9 nitrogen and oxygen atoms in total.